The summed E-state index contributed by atoms with van der Waals surface area (Å²) in [7, 11) is 0. The van der Waals surface area contributed by atoms with Crippen LogP contribution in [0.1, 0.15) is 12.8 Å². The Morgan fingerprint density at radius 1 is 1.24 bits per heavy atom. The van der Waals surface area contributed by atoms with E-state index in [9.17, 15) is 13.6 Å². The summed E-state index contributed by atoms with van der Waals surface area (Å²) in [5.41, 5.74) is 0.603. The molecule has 1 aromatic rings. The number of halogens is 2. The number of nitrogens with one attached hydrogen (secondary N) is 1. The summed E-state index contributed by atoms with van der Waals surface area (Å²) in [6, 6.07) is 5.12. The van der Waals surface area contributed by atoms with E-state index in [0.717, 1.165) is 0 Å². The zero-order chi connectivity index (χ0) is 14.9. The van der Waals surface area contributed by atoms with Crippen molar-refractivity contribution in [3.05, 3.63) is 18.2 Å². The summed E-state index contributed by atoms with van der Waals surface area (Å²) in [4.78, 5) is 13.7. The van der Waals surface area contributed by atoms with Gasteiger partial charge in [-0.05, 0) is 12.1 Å². The average Bonchev–Trinajstić information content (AvgIpc) is 2.88. The van der Waals surface area contributed by atoms with Crippen molar-refractivity contribution in [2.45, 2.75) is 18.8 Å². The first-order chi connectivity index (χ1) is 10.0. The Kier molecular flexibility index (Phi) is 3.67. The fourth-order valence-electron chi connectivity index (χ4n) is 2.42. The van der Waals surface area contributed by atoms with Crippen LogP contribution in [-0.2, 0) is 4.79 Å². The summed E-state index contributed by atoms with van der Waals surface area (Å²) in [5.74, 6) is -1.58. The van der Waals surface area contributed by atoms with Gasteiger partial charge >= 0.3 is 0 Å². The normalized spacial score (nSPS) is 20.3. The molecule has 114 valence electrons. The van der Waals surface area contributed by atoms with Crippen LogP contribution < -0.4 is 14.8 Å². The van der Waals surface area contributed by atoms with E-state index in [4.69, 9.17) is 9.47 Å². The number of ether oxygens (including phenoxy) is 2. The predicted molar refractivity (Wildman–Crippen MR) is 71.8 cm³/mol. The van der Waals surface area contributed by atoms with Crippen molar-refractivity contribution in [2.75, 3.05) is 31.7 Å². The standard InChI is InChI=1S/C14H16F2N2O3/c15-14(16)3-5-18(6-4-14)8-13(19)17-10-1-2-11-12(7-10)21-9-20-11/h1-2,7H,3-6,8-9H2,(H,17,19). The van der Waals surface area contributed by atoms with Gasteiger partial charge in [-0.25, -0.2) is 8.78 Å². The molecule has 1 fully saturated rings. The molecule has 3 rings (SSSR count). The van der Waals surface area contributed by atoms with Crippen molar-refractivity contribution in [1.29, 1.82) is 0 Å². The molecule has 1 N–H and O–H groups in total. The maximum atomic E-state index is 13.0. The van der Waals surface area contributed by atoms with E-state index in [0.29, 0.717) is 17.2 Å². The van der Waals surface area contributed by atoms with Gasteiger partial charge < -0.3 is 14.8 Å². The molecule has 1 aromatic carbocycles. The lowest BCUT2D eigenvalue weighted by Gasteiger charge is -2.31. The van der Waals surface area contributed by atoms with E-state index in [1.165, 1.54) is 0 Å². The lowest BCUT2D eigenvalue weighted by Crippen LogP contribution is -2.42. The summed E-state index contributed by atoms with van der Waals surface area (Å²) >= 11 is 0. The van der Waals surface area contributed by atoms with Crippen LogP contribution in [0.2, 0.25) is 0 Å². The average molecular weight is 298 g/mol. The first-order valence-corrected chi connectivity index (χ1v) is 6.82. The van der Waals surface area contributed by atoms with Gasteiger partial charge in [-0.1, -0.05) is 0 Å². The number of nitrogens with zero attached hydrogens (tertiary/aromatic N) is 1. The number of piperidine rings is 1. The fourth-order valence-corrected chi connectivity index (χ4v) is 2.42. The van der Waals surface area contributed by atoms with Crippen LogP contribution in [0.3, 0.4) is 0 Å². The molecule has 2 heterocycles. The minimum Gasteiger partial charge on any atom is -0.454 e. The highest BCUT2D eigenvalue weighted by molar-refractivity contribution is 5.92. The van der Waals surface area contributed by atoms with Crippen molar-refractivity contribution in [1.82, 2.24) is 4.90 Å². The molecule has 1 saturated heterocycles. The zero-order valence-electron chi connectivity index (χ0n) is 11.4. The summed E-state index contributed by atoms with van der Waals surface area (Å²) < 4.78 is 36.5. The molecule has 0 radical (unpaired) electrons. The van der Waals surface area contributed by atoms with Crippen molar-refractivity contribution >= 4 is 11.6 Å². The molecule has 2 aliphatic rings. The SMILES string of the molecule is O=C(CN1CCC(F)(F)CC1)Nc1ccc2c(c1)OCO2. The van der Waals surface area contributed by atoms with Crippen LogP contribution >= 0.6 is 0 Å². The summed E-state index contributed by atoms with van der Waals surface area (Å²) in [5, 5.41) is 2.74. The van der Waals surface area contributed by atoms with Gasteiger partial charge in [0.15, 0.2) is 11.5 Å². The van der Waals surface area contributed by atoms with Crippen molar-refractivity contribution < 1.29 is 23.0 Å². The van der Waals surface area contributed by atoms with Gasteiger partial charge in [-0.15, -0.1) is 0 Å². The molecule has 2 aliphatic heterocycles. The second-order valence-electron chi connectivity index (χ2n) is 5.25. The molecular formula is C14H16F2N2O3. The van der Waals surface area contributed by atoms with Crippen LogP contribution in [-0.4, -0.2) is 43.2 Å². The topological polar surface area (TPSA) is 50.8 Å². The third-order valence-corrected chi connectivity index (χ3v) is 3.61. The Hall–Kier alpha value is -1.89. The van der Waals surface area contributed by atoms with Gasteiger partial charge in [0.05, 0.1) is 6.54 Å². The number of hydrogen-bond donors (Lipinski definition) is 1. The van der Waals surface area contributed by atoms with E-state index in [-0.39, 0.29) is 45.2 Å². The second-order valence-corrected chi connectivity index (χ2v) is 5.25. The molecule has 0 aliphatic carbocycles. The minimum atomic E-state index is -2.59. The van der Waals surface area contributed by atoms with E-state index in [2.05, 4.69) is 5.32 Å². The summed E-state index contributed by atoms with van der Waals surface area (Å²) in [6.45, 7) is 0.766. The molecule has 0 unspecified atom stereocenters. The number of alkyl halides is 2. The quantitative estimate of drug-likeness (QED) is 0.928. The van der Waals surface area contributed by atoms with Crippen molar-refractivity contribution in [3.63, 3.8) is 0 Å². The Bertz CT molecular complexity index is 541. The van der Waals surface area contributed by atoms with Crippen LogP contribution in [0.4, 0.5) is 14.5 Å². The minimum absolute atomic E-state index is 0.116. The third-order valence-electron chi connectivity index (χ3n) is 3.61. The Balaban J connectivity index is 1.53. The smallest absolute Gasteiger partial charge is 0.250 e. The molecule has 7 heteroatoms. The van der Waals surface area contributed by atoms with Crippen molar-refractivity contribution in [2.24, 2.45) is 0 Å². The van der Waals surface area contributed by atoms with Crippen molar-refractivity contribution in [3.8, 4) is 11.5 Å². The molecule has 5 nitrogen and oxygen atoms in total. The fraction of sp³-hybridized carbons (Fsp3) is 0.500. The van der Waals surface area contributed by atoms with Crippen LogP contribution in [0.25, 0.3) is 0 Å². The number of amides is 1. The number of anilines is 1. The molecule has 0 saturated carbocycles. The monoisotopic (exact) mass is 298 g/mol. The van der Waals surface area contributed by atoms with Gasteiger partial charge in [-0.2, -0.15) is 0 Å². The van der Waals surface area contributed by atoms with Gasteiger partial charge in [-0.3, -0.25) is 9.69 Å². The Morgan fingerprint density at radius 3 is 2.71 bits per heavy atom. The molecule has 0 spiro atoms. The largest absolute Gasteiger partial charge is 0.454 e. The number of benzene rings is 1. The number of likely N-dealkylation sites (tertiary alicyclic amines) is 1. The zero-order valence-corrected chi connectivity index (χ0v) is 11.4. The lowest BCUT2D eigenvalue weighted by atomic mass is 10.1. The van der Waals surface area contributed by atoms with Gasteiger partial charge in [0, 0.05) is 37.7 Å². The van der Waals surface area contributed by atoms with E-state index < -0.39 is 5.92 Å². The second kappa shape index (κ2) is 5.48. The number of carbonyl (C=O) groups is 1. The van der Waals surface area contributed by atoms with Gasteiger partial charge in [0.1, 0.15) is 0 Å². The molecular weight excluding hydrogens is 282 g/mol. The third kappa shape index (κ3) is 3.41. The number of carbonyl (C=O) groups excluding carboxylic acids is 1. The highest BCUT2D eigenvalue weighted by Crippen LogP contribution is 2.34. The van der Waals surface area contributed by atoms with Gasteiger partial charge in [0.25, 0.3) is 5.92 Å². The predicted octanol–water partition coefficient (Wildman–Crippen LogP) is 2.08. The molecule has 0 bridgehead atoms. The highest BCUT2D eigenvalue weighted by atomic mass is 19.3. The van der Waals surface area contributed by atoms with E-state index >= 15 is 0 Å². The van der Waals surface area contributed by atoms with Crippen LogP contribution in [0.15, 0.2) is 18.2 Å². The number of fused-ring (bicyclic) bond motifs is 1. The van der Waals surface area contributed by atoms with Gasteiger partial charge in [0.2, 0.25) is 12.7 Å². The number of hydrogen-bond acceptors (Lipinski definition) is 4. The molecule has 0 aromatic heterocycles. The van der Waals surface area contributed by atoms with E-state index in [1.807, 2.05) is 0 Å². The molecule has 0 atom stereocenters. The van der Waals surface area contributed by atoms with Crippen LogP contribution in [0.5, 0.6) is 11.5 Å². The highest BCUT2D eigenvalue weighted by Gasteiger charge is 2.34. The Labute approximate surface area is 120 Å². The molecule has 21 heavy (non-hydrogen) atoms. The first kappa shape index (κ1) is 14.1. The summed E-state index contributed by atoms with van der Waals surface area (Å²) in [6.07, 6.45) is -0.380. The first-order valence-electron chi connectivity index (χ1n) is 6.82. The van der Waals surface area contributed by atoms with Crippen LogP contribution in [0, 0.1) is 0 Å². The number of rotatable bonds is 3. The maximum Gasteiger partial charge on any atom is 0.250 e. The Morgan fingerprint density at radius 2 is 1.95 bits per heavy atom. The molecule has 1 amide bonds. The lowest BCUT2D eigenvalue weighted by molar-refractivity contribution is -0.119. The maximum absolute atomic E-state index is 13.0. The van der Waals surface area contributed by atoms with E-state index in [1.54, 1.807) is 23.1 Å².